The minimum absolute atomic E-state index is 0.126. The second kappa shape index (κ2) is 15.0. The highest BCUT2D eigenvalue weighted by Crippen LogP contribution is 2.34. The number of imidazole rings is 1. The van der Waals surface area contributed by atoms with Gasteiger partial charge in [0.2, 0.25) is 5.91 Å². The van der Waals surface area contributed by atoms with Gasteiger partial charge in [0.05, 0.1) is 29.8 Å². The lowest BCUT2D eigenvalue weighted by Crippen LogP contribution is -2.25. The van der Waals surface area contributed by atoms with Crippen LogP contribution in [-0.2, 0) is 11.2 Å². The second-order valence-electron chi connectivity index (χ2n) is 10.9. The zero-order chi connectivity index (χ0) is 31.1. The standard InChI is InChI=1S/C33H37FN4O4S2/c1-22(24-5-9-26(34)10-6-24)37-18-16-23(20-37)21-44-35-17-15-28-32(25-7-11-27(42-2)12-8-25)38(30(39)13-14-31(40)41)33(36-28)29-4-3-19-43-29/h3-12,19,22-23,35H,13-18,20-21H2,1-2H3,(H,40,41). The fraction of sp³-hybridized carbons (Fsp3) is 0.364. The average Bonchev–Trinajstić information content (AvgIpc) is 3.80. The van der Waals surface area contributed by atoms with Gasteiger partial charge in [-0.15, -0.1) is 11.3 Å². The summed E-state index contributed by atoms with van der Waals surface area (Å²) in [6, 6.07) is 18.4. The van der Waals surface area contributed by atoms with Crippen molar-refractivity contribution in [3.8, 4) is 27.7 Å². The molecule has 232 valence electrons. The van der Waals surface area contributed by atoms with E-state index in [2.05, 4.69) is 16.5 Å². The van der Waals surface area contributed by atoms with Crippen molar-refractivity contribution in [3.05, 3.63) is 83.1 Å². The molecular formula is C33H37FN4O4S2. The van der Waals surface area contributed by atoms with Gasteiger partial charge in [0, 0.05) is 43.3 Å². The Bertz CT molecular complexity index is 1540. The lowest BCUT2D eigenvalue weighted by molar-refractivity contribution is -0.137. The lowest BCUT2D eigenvalue weighted by atomic mass is 10.1. The number of likely N-dealkylation sites (tertiary alicyclic amines) is 1. The smallest absolute Gasteiger partial charge is 0.303 e. The maximum atomic E-state index is 13.5. The zero-order valence-corrected chi connectivity index (χ0v) is 26.5. The average molecular weight is 637 g/mol. The van der Waals surface area contributed by atoms with E-state index < -0.39 is 5.97 Å². The summed E-state index contributed by atoms with van der Waals surface area (Å²) in [6.07, 6.45) is 1.33. The Morgan fingerprint density at radius 2 is 1.93 bits per heavy atom. The van der Waals surface area contributed by atoms with E-state index in [0.29, 0.717) is 36.2 Å². The number of aliphatic carboxylic acids is 1. The molecule has 3 heterocycles. The third-order valence-corrected chi connectivity index (χ3v) is 9.87. The molecule has 2 atom stereocenters. The lowest BCUT2D eigenvalue weighted by Gasteiger charge is -2.24. The number of rotatable bonds is 14. The number of nitrogens with zero attached hydrogens (tertiary/aromatic N) is 3. The molecule has 11 heteroatoms. The number of carboxylic acid groups (broad SMARTS) is 1. The van der Waals surface area contributed by atoms with Gasteiger partial charge in [-0.25, -0.2) is 9.37 Å². The number of methoxy groups -OCH3 is 1. The molecule has 2 unspecified atom stereocenters. The first-order valence-corrected chi connectivity index (χ1v) is 16.6. The van der Waals surface area contributed by atoms with Crippen LogP contribution < -0.4 is 9.46 Å². The summed E-state index contributed by atoms with van der Waals surface area (Å²) in [6.45, 7) is 4.85. The SMILES string of the molecule is COc1ccc(-c2c(CCNSCC3CCN(C(C)c4ccc(F)cc4)C3)nc(-c3cccs3)n2C(=O)CCC(=O)O)cc1. The molecule has 8 nitrogen and oxygen atoms in total. The maximum Gasteiger partial charge on any atom is 0.303 e. The first-order chi connectivity index (χ1) is 21.3. The minimum Gasteiger partial charge on any atom is -0.497 e. The van der Waals surface area contributed by atoms with Gasteiger partial charge in [0.1, 0.15) is 11.6 Å². The zero-order valence-electron chi connectivity index (χ0n) is 24.9. The minimum atomic E-state index is -1.01. The summed E-state index contributed by atoms with van der Waals surface area (Å²) in [5.41, 5.74) is 3.40. The van der Waals surface area contributed by atoms with Crippen molar-refractivity contribution in [2.75, 3.05) is 32.5 Å². The monoisotopic (exact) mass is 636 g/mol. The fourth-order valence-electron chi connectivity index (χ4n) is 5.55. The molecule has 0 aliphatic carbocycles. The number of carboxylic acids is 1. The summed E-state index contributed by atoms with van der Waals surface area (Å²) >= 11 is 3.20. The Morgan fingerprint density at radius 3 is 2.61 bits per heavy atom. The van der Waals surface area contributed by atoms with Crippen LogP contribution in [0.25, 0.3) is 22.0 Å². The van der Waals surface area contributed by atoms with E-state index in [0.717, 1.165) is 47.0 Å². The quantitative estimate of drug-likeness (QED) is 0.115. The number of ether oxygens (including phenoxy) is 1. The number of thiophene rings is 1. The molecule has 0 saturated carbocycles. The summed E-state index contributed by atoms with van der Waals surface area (Å²) in [5, 5.41) is 11.2. The van der Waals surface area contributed by atoms with Crippen molar-refractivity contribution >= 4 is 35.2 Å². The molecule has 4 aromatic rings. The first-order valence-electron chi connectivity index (χ1n) is 14.7. The third kappa shape index (κ3) is 7.76. The first kappa shape index (κ1) is 31.9. The largest absolute Gasteiger partial charge is 0.497 e. The topological polar surface area (TPSA) is 96.7 Å². The molecule has 1 aliphatic heterocycles. The van der Waals surface area contributed by atoms with Gasteiger partial charge in [-0.1, -0.05) is 30.1 Å². The molecule has 0 bridgehead atoms. The normalized spacial score (nSPS) is 15.8. The summed E-state index contributed by atoms with van der Waals surface area (Å²) in [7, 11) is 1.60. The van der Waals surface area contributed by atoms with Crippen molar-refractivity contribution in [2.24, 2.45) is 5.92 Å². The van der Waals surface area contributed by atoms with Crippen LogP contribution in [0.3, 0.4) is 0 Å². The van der Waals surface area contributed by atoms with E-state index in [1.165, 1.54) is 23.5 Å². The molecule has 5 rings (SSSR count). The van der Waals surface area contributed by atoms with Gasteiger partial charge in [-0.3, -0.25) is 23.8 Å². The highest BCUT2D eigenvalue weighted by atomic mass is 32.2. The van der Waals surface area contributed by atoms with E-state index in [-0.39, 0.29) is 30.6 Å². The van der Waals surface area contributed by atoms with Gasteiger partial charge in [-0.05, 0) is 79.2 Å². The highest BCUT2D eigenvalue weighted by molar-refractivity contribution is 7.97. The van der Waals surface area contributed by atoms with Crippen LogP contribution in [0.15, 0.2) is 66.0 Å². The number of carbonyl (C=O) groups is 2. The van der Waals surface area contributed by atoms with Crippen molar-refractivity contribution in [1.82, 2.24) is 19.2 Å². The fourth-order valence-corrected chi connectivity index (χ4v) is 7.12. The Morgan fingerprint density at radius 1 is 1.16 bits per heavy atom. The predicted octanol–water partition coefficient (Wildman–Crippen LogP) is 6.79. The van der Waals surface area contributed by atoms with Crippen molar-refractivity contribution in [1.29, 1.82) is 0 Å². The van der Waals surface area contributed by atoms with Crippen LogP contribution in [0.4, 0.5) is 4.39 Å². The van der Waals surface area contributed by atoms with E-state index in [1.807, 2.05) is 53.9 Å². The number of carbonyl (C=O) groups excluding carboxylic acids is 1. The summed E-state index contributed by atoms with van der Waals surface area (Å²) in [5.74, 6) is 1.24. The van der Waals surface area contributed by atoms with Crippen LogP contribution in [-0.4, -0.2) is 63.9 Å². The van der Waals surface area contributed by atoms with Crippen LogP contribution in [0.5, 0.6) is 5.75 Å². The maximum absolute atomic E-state index is 13.5. The molecule has 0 amide bonds. The highest BCUT2D eigenvalue weighted by Gasteiger charge is 2.27. The molecule has 2 aromatic heterocycles. The van der Waals surface area contributed by atoms with Crippen molar-refractivity contribution in [2.45, 2.75) is 38.6 Å². The molecule has 2 aromatic carbocycles. The summed E-state index contributed by atoms with van der Waals surface area (Å²) in [4.78, 5) is 33.0. The van der Waals surface area contributed by atoms with Crippen LogP contribution in [0, 0.1) is 11.7 Å². The van der Waals surface area contributed by atoms with Crippen molar-refractivity contribution < 1.29 is 23.8 Å². The molecule has 1 fully saturated rings. The Balaban J connectivity index is 1.26. The van der Waals surface area contributed by atoms with Gasteiger partial charge in [0.25, 0.3) is 0 Å². The van der Waals surface area contributed by atoms with Gasteiger partial charge in [-0.2, -0.15) is 0 Å². The second-order valence-corrected chi connectivity index (χ2v) is 12.8. The van der Waals surface area contributed by atoms with E-state index in [1.54, 1.807) is 23.6 Å². The molecule has 44 heavy (non-hydrogen) atoms. The molecule has 2 N–H and O–H groups in total. The Hall–Kier alpha value is -3.51. The Kier molecular flexibility index (Phi) is 10.9. The van der Waals surface area contributed by atoms with E-state index >= 15 is 0 Å². The van der Waals surface area contributed by atoms with Crippen LogP contribution in [0.1, 0.15) is 48.3 Å². The number of aromatic nitrogens is 2. The third-order valence-electron chi connectivity index (χ3n) is 7.96. The molecule has 1 aliphatic rings. The summed E-state index contributed by atoms with van der Waals surface area (Å²) < 4.78 is 23.8. The van der Waals surface area contributed by atoms with E-state index in [4.69, 9.17) is 9.72 Å². The predicted molar refractivity (Wildman–Crippen MR) is 174 cm³/mol. The van der Waals surface area contributed by atoms with Gasteiger partial charge >= 0.3 is 5.97 Å². The Labute approximate surface area is 265 Å². The molecule has 1 saturated heterocycles. The molecular weight excluding hydrogens is 600 g/mol. The number of benzene rings is 2. The number of nitrogens with one attached hydrogen (secondary N) is 1. The van der Waals surface area contributed by atoms with E-state index in [9.17, 15) is 19.1 Å². The molecule has 0 spiro atoms. The van der Waals surface area contributed by atoms with Crippen LogP contribution in [0.2, 0.25) is 0 Å². The number of halogens is 1. The molecule has 0 radical (unpaired) electrons. The van der Waals surface area contributed by atoms with Crippen LogP contribution >= 0.6 is 23.3 Å². The van der Waals surface area contributed by atoms with Crippen molar-refractivity contribution in [3.63, 3.8) is 0 Å². The van der Waals surface area contributed by atoms with Gasteiger partial charge in [0.15, 0.2) is 5.82 Å². The number of hydrogen-bond acceptors (Lipinski definition) is 8. The van der Waals surface area contributed by atoms with Gasteiger partial charge < -0.3 is 9.84 Å². The number of hydrogen-bond donors (Lipinski definition) is 2.